The quantitative estimate of drug-likeness (QED) is 0.589. The summed E-state index contributed by atoms with van der Waals surface area (Å²) < 4.78 is 5.01. The zero-order valence-corrected chi connectivity index (χ0v) is 16.2. The van der Waals surface area contributed by atoms with Crippen LogP contribution in [0, 0.1) is 5.92 Å². The van der Waals surface area contributed by atoms with Crippen molar-refractivity contribution < 1.29 is 14.3 Å². The molecule has 1 aliphatic heterocycles. The first-order valence-corrected chi connectivity index (χ1v) is 10.1. The minimum Gasteiger partial charge on any atom is -0.452 e. The van der Waals surface area contributed by atoms with Gasteiger partial charge in [-0.2, -0.15) is 0 Å². The minimum absolute atomic E-state index is 0.162. The van der Waals surface area contributed by atoms with Gasteiger partial charge >= 0.3 is 5.97 Å². The van der Waals surface area contributed by atoms with Gasteiger partial charge in [-0.05, 0) is 62.3 Å². The topological polar surface area (TPSA) is 58.6 Å². The summed E-state index contributed by atoms with van der Waals surface area (Å²) in [6, 6.07) is 8.38. The van der Waals surface area contributed by atoms with Crippen LogP contribution in [0.1, 0.15) is 51.0 Å². The van der Waals surface area contributed by atoms with Gasteiger partial charge in [0.15, 0.2) is 6.61 Å². The number of anilines is 1. The normalized spacial score (nSPS) is 18.8. The lowest BCUT2D eigenvalue weighted by molar-refractivity contribution is -0.144. The van der Waals surface area contributed by atoms with Crippen LogP contribution >= 0.6 is 0 Å². The van der Waals surface area contributed by atoms with E-state index in [0.717, 1.165) is 18.7 Å². The predicted molar refractivity (Wildman–Crippen MR) is 107 cm³/mol. The third kappa shape index (κ3) is 6.42. The van der Waals surface area contributed by atoms with Gasteiger partial charge in [-0.1, -0.05) is 25.0 Å². The minimum atomic E-state index is -0.499. The van der Waals surface area contributed by atoms with Gasteiger partial charge in [0.25, 0.3) is 5.91 Å². The van der Waals surface area contributed by atoms with E-state index in [0.29, 0.717) is 5.92 Å². The van der Waals surface area contributed by atoms with Gasteiger partial charge in [0.2, 0.25) is 0 Å². The van der Waals surface area contributed by atoms with Crippen molar-refractivity contribution in [1.82, 2.24) is 5.32 Å². The Labute approximate surface area is 161 Å². The second-order valence-electron chi connectivity index (χ2n) is 7.63. The van der Waals surface area contributed by atoms with Gasteiger partial charge < -0.3 is 15.0 Å². The SMILES string of the molecule is C[C@H](NC(=O)COC(=O)/C=C/c1ccc(N2CCCCCC2)cc1)C1CC1. The molecular formula is C22H30N2O3. The lowest BCUT2D eigenvalue weighted by Crippen LogP contribution is -2.36. The van der Waals surface area contributed by atoms with E-state index in [4.69, 9.17) is 4.74 Å². The van der Waals surface area contributed by atoms with Crippen LogP contribution < -0.4 is 10.2 Å². The van der Waals surface area contributed by atoms with Crippen molar-refractivity contribution in [1.29, 1.82) is 0 Å². The standard InChI is InChI=1S/C22H30N2O3/c1-17(19-9-10-19)23-21(25)16-27-22(26)13-8-18-6-11-20(12-7-18)24-14-4-2-3-5-15-24/h6-8,11-13,17,19H,2-5,9-10,14-16H2,1H3,(H,23,25)/b13-8+/t17-/m0/s1. The molecule has 5 heteroatoms. The zero-order valence-electron chi connectivity index (χ0n) is 16.2. The number of amides is 1. The van der Waals surface area contributed by atoms with Crippen LogP contribution in [0.15, 0.2) is 30.3 Å². The number of hydrogen-bond donors (Lipinski definition) is 1. The summed E-state index contributed by atoms with van der Waals surface area (Å²) in [7, 11) is 0. The van der Waals surface area contributed by atoms with E-state index in [2.05, 4.69) is 22.3 Å². The Balaban J connectivity index is 1.42. The molecule has 2 aliphatic rings. The summed E-state index contributed by atoms with van der Waals surface area (Å²) in [5.74, 6) is -0.152. The second kappa shape index (κ2) is 9.58. The fraction of sp³-hybridized carbons (Fsp3) is 0.545. The van der Waals surface area contributed by atoms with E-state index in [1.165, 1.54) is 50.3 Å². The van der Waals surface area contributed by atoms with E-state index in [1.807, 2.05) is 19.1 Å². The number of carbonyl (C=O) groups excluding carboxylic acids is 2. The number of esters is 1. The largest absolute Gasteiger partial charge is 0.452 e. The van der Waals surface area contributed by atoms with Gasteiger partial charge in [-0.15, -0.1) is 0 Å². The Bertz CT molecular complexity index is 657. The highest BCUT2D eigenvalue weighted by atomic mass is 16.5. The molecule has 0 aromatic heterocycles. The fourth-order valence-corrected chi connectivity index (χ4v) is 3.48. The zero-order chi connectivity index (χ0) is 19.1. The van der Waals surface area contributed by atoms with Crippen molar-refractivity contribution in [3.8, 4) is 0 Å². The average molecular weight is 370 g/mol. The number of nitrogens with one attached hydrogen (secondary N) is 1. The summed E-state index contributed by atoms with van der Waals surface area (Å²) in [6.45, 7) is 3.99. The first kappa shape index (κ1) is 19.5. The van der Waals surface area contributed by atoms with Crippen LogP contribution in [-0.2, 0) is 14.3 Å². The molecule has 5 nitrogen and oxygen atoms in total. The molecule has 0 bridgehead atoms. The molecule has 2 fully saturated rings. The molecule has 1 atom stereocenters. The van der Waals surface area contributed by atoms with E-state index in [9.17, 15) is 9.59 Å². The maximum absolute atomic E-state index is 11.8. The summed E-state index contributed by atoms with van der Waals surface area (Å²) >= 11 is 0. The first-order chi connectivity index (χ1) is 13.1. The van der Waals surface area contributed by atoms with E-state index < -0.39 is 5.97 Å². The summed E-state index contributed by atoms with van der Waals surface area (Å²) in [6.07, 6.45) is 10.6. The summed E-state index contributed by atoms with van der Waals surface area (Å²) in [5.41, 5.74) is 2.18. The van der Waals surface area contributed by atoms with Crippen LogP contribution in [0.3, 0.4) is 0 Å². The van der Waals surface area contributed by atoms with E-state index >= 15 is 0 Å². The maximum atomic E-state index is 11.8. The molecule has 27 heavy (non-hydrogen) atoms. The molecule has 1 aromatic rings. The number of rotatable bonds is 7. The monoisotopic (exact) mass is 370 g/mol. The molecule has 3 rings (SSSR count). The smallest absolute Gasteiger partial charge is 0.331 e. The Morgan fingerprint density at radius 2 is 1.81 bits per heavy atom. The van der Waals surface area contributed by atoms with Crippen LogP contribution in [0.5, 0.6) is 0 Å². The molecule has 1 saturated carbocycles. The van der Waals surface area contributed by atoms with Crippen LogP contribution in [0.2, 0.25) is 0 Å². The molecule has 0 unspecified atom stereocenters. The number of nitrogens with zero attached hydrogens (tertiary/aromatic N) is 1. The average Bonchev–Trinajstić information content (AvgIpc) is 3.52. The molecule has 1 amide bonds. The van der Waals surface area contributed by atoms with Gasteiger partial charge in [0, 0.05) is 30.9 Å². The highest BCUT2D eigenvalue weighted by molar-refractivity contribution is 5.89. The Morgan fingerprint density at radius 1 is 1.15 bits per heavy atom. The molecule has 0 spiro atoms. The summed E-state index contributed by atoms with van der Waals surface area (Å²) in [5, 5.41) is 2.87. The van der Waals surface area contributed by atoms with Crippen molar-refractivity contribution in [2.45, 2.75) is 51.5 Å². The molecule has 1 aliphatic carbocycles. The molecule has 1 saturated heterocycles. The van der Waals surface area contributed by atoms with Crippen LogP contribution in [-0.4, -0.2) is 37.6 Å². The van der Waals surface area contributed by atoms with Crippen LogP contribution in [0.25, 0.3) is 6.08 Å². The third-order valence-electron chi connectivity index (χ3n) is 5.34. The van der Waals surface area contributed by atoms with Crippen molar-refractivity contribution in [2.24, 2.45) is 5.92 Å². The van der Waals surface area contributed by atoms with Gasteiger partial charge in [-0.25, -0.2) is 4.79 Å². The third-order valence-corrected chi connectivity index (χ3v) is 5.34. The highest BCUT2D eigenvalue weighted by Crippen LogP contribution is 2.32. The van der Waals surface area contributed by atoms with Crippen LogP contribution in [0.4, 0.5) is 5.69 Å². The van der Waals surface area contributed by atoms with Crippen molar-refractivity contribution in [3.63, 3.8) is 0 Å². The number of carbonyl (C=O) groups is 2. The van der Waals surface area contributed by atoms with E-state index in [1.54, 1.807) is 6.08 Å². The summed E-state index contributed by atoms with van der Waals surface area (Å²) in [4.78, 5) is 26.0. The first-order valence-electron chi connectivity index (χ1n) is 10.1. The van der Waals surface area contributed by atoms with Gasteiger partial charge in [0.1, 0.15) is 0 Å². The molecule has 1 heterocycles. The van der Waals surface area contributed by atoms with Gasteiger partial charge in [0.05, 0.1) is 0 Å². The number of hydrogen-bond acceptors (Lipinski definition) is 4. The fourth-order valence-electron chi connectivity index (χ4n) is 3.48. The van der Waals surface area contributed by atoms with Crippen molar-refractivity contribution in [2.75, 3.05) is 24.6 Å². The molecular weight excluding hydrogens is 340 g/mol. The molecule has 146 valence electrons. The molecule has 1 N–H and O–H groups in total. The predicted octanol–water partition coefficient (Wildman–Crippen LogP) is 3.54. The molecule has 1 aromatic carbocycles. The van der Waals surface area contributed by atoms with Crippen molar-refractivity contribution in [3.05, 3.63) is 35.9 Å². The maximum Gasteiger partial charge on any atom is 0.331 e. The Hall–Kier alpha value is -2.30. The van der Waals surface area contributed by atoms with Gasteiger partial charge in [-0.3, -0.25) is 4.79 Å². The van der Waals surface area contributed by atoms with Crippen molar-refractivity contribution >= 4 is 23.6 Å². The lowest BCUT2D eigenvalue weighted by atomic mass is 10.1. The number of benzene rings is 1. The second-order valence-corrected chi connectivity index (χ2v) is 7.63. The Morgan fingerprint density at radius 3 is 2.44 bits per heavy atom. The Kier molecular flexibility index (Phi) is 6.91. The lowest BCUT2D eigenvalue weighted by Gasteiger charge is -2.22. The highest BCUT2D eigenvalue weighted by Gasteiger charge is 2.28. The number of ether oxygens (including phenoxy) is 1. The van der Waals surface area contributed by atoms with E-state index in [-0.39, 0.29) is 18.6 Å². The molecule has 0 radical (unpaired) electrons.